The van der Waals surface area contributed by atoms with Gasteiger partial charge in [-0.05, 0) is 24.6 Å². The number of anilines is 2. The molecule has 0 bridgehead atoms. The van der Waals surface area contributed by atoms with Crippen molar-refractivity contribution in [3.05, 3.63) is 42.0 Å². The molecule has 0 atom stereocenters. The number of benzene rings is 2. The van der Waals surface area contributed by atoms with Crippen LogP contribution in [0.5, 0.6) is 11.5 Å². The van der Waals surface area contributed by atoms with Gasteiger partial charge in [-0.1, -0.05) is 6.92 Å². The molecule has 0 radical (unpaired) electrons. The van der Waals surface area contributed by atoms with Crippen molar-refractivity contribution in [2.45, 2.75) is 13.3 Å². The maximum atomic E-state index is 15.1. The van der Waals surface area contributed by atoms with Crippen molar-refractivity contribution in [2.75, 3.05) is 37.9 Å². The van der Waals surface area contributed by atoms with Crippen LogP contribution in [0, 0.1) is 5.82 Å². The Morgan fingerprint density at radius 1 is 1.34 bits per heavy atom. The van der Waals surface area contributed by atoms with Crippen LogP contribution in [0.25, 0.3) is 21.9 Å². The van der Waals surface area contributed by atoms with Crippen LogP contribution in [0.1, 0.15) is 23.8 Å². The number of nitrogens with two attached hydrogens (primary N) is 1. The number of amides is 2. The Balaban J connectivity index is 1.92. The number of carbonyl (C=O) groups excluding carboxylic acids is 2. The highest BCUT2D eigenvalue weighted by atomic mass is 19.1. The first kappa shape index (κ1) is 21.4. The van der Waals surface area contributed by atoms with Crippen molar-refractivity contribution >= 4 is 34.0 Å². The van der Waals surface area contributed by atoms with Crippen LogP contribution in [0.3, 0.4) is 0 Å². The van der Waals surface area contributed by atoms with E-state index in [2.05, 4.69) is 10.3 Å². The van der Waals surface area contributed by atoms with E-state index in [9.17, 15) is 9.59 Å². The van der Waals surface area contributed by atoms with Crippen molar-refractivity contribution in [1.29, 1.82) is 0 Å². The van der Waals surface area contributed by atoms with E-state index >= 15 is 4.39 Å². The summed E-state index contributed by atoms with van der Waals surface area (Å²) in [6, 6.07) is 6.07. The fraction of sp³-hybridized carbons (Fsp3) is 0.261. The van der Waals surface area contributed by atoms with Crippen LogP contribution < -0.4 is 25.4 Å². The molecule has 166 valence electrons. The number of nitrogen functional groups attached to an aromatic ring is 1. The number of carbonyl (C=O) groups is 2. The monoisotopic (exact) mass is 438 g/mol. The molecule has 2 aromatic carbocycles. The van der Waals surface area contributed by atoms with Crippen molar-refractivity contribution in [1.82, 2.24) is 10.3 Å². The van der Waals surface area contributed by atoms with Crippen LogP contribution in [-0.2, 0) is 4.79 Å². The van der Waals surface area contributed by atoms with Crippen molar-refractivity contribution in [3.8, 4) is 22.6 Å². The van der Waals surface area contributed by atoms with Gasteiger partial charge in [0.2, 0.25) is 0 Å². The fourth-order valence-corrected chi connectivity index (χ4v) is 3.73. The number of methoxy groups -OCH3 is 1. The van der Waals surface area contributed by atoms with Gasteiger partial charge in [0.1, 0.15) is 17.3 Å². The van der Waals surface area contributed by atoms with Crippen LogP contribution in [0.15, 0.2) is 30.5 Å². The molecule has 1 aliphatic rings. The Hall–Kier alpha value is -3.88. The lowest BCUT2D eigenvalue weighted by Gasteiger charge is -2.27. The van der Waals surface area contributed by atoms with Gasteiger partial charge in [0.05, 0.1) is 18.5 Å². The number of fused-ring (bicyclic) bond motifs is 2. The number of nitrogens with zero attached hydrogens (tertiary/aromatic N) is 2. The van der Waals surface area contributed by atoms with Gasteiger partial charge in [-0.25, -0.2) is 9.37 Å². The molecule has 4 rings (SSSR count). The number of rotatable bonds is 5. The predicted molar refractivity (Wildman–Crippen MR) is 120 cm³/mol. The van der Waals surface area contributed by atoms with Gasteiger partial charge >= 0.3 is 0 Å². The zero-order valence-electron chi connectivity index (χ0n) is 18.0. The highest BCUT2D eigenvalue weighted by molar-refractivity contribution is 6.10. The van der Waals surface area contributed by atoms with Crippen LogP contribution in [-0.4, -0.2) is 44.1 Å². The summed E-state index contributed by atoms with van der Waals surface area (Å²) in [5.74, 6) is -0.320. The minimum Gasteiger partial charge on any atom is -0.496 e. The first-order valence-corrected chi connectivity index (χ1v) is 10.1. The maximum absolute atomic E-state index is 15.1. The van der Waals surface area contributed by atoms with Gasteiger partial charge in [-0.15, -0.1) is 0 Å². The molecule has 9 heteroatoms. The standard InChI is InChI=1S/C23H23FN4O4/c1-4-7-26-23(30)22-21(25)12-5-6-15(24)20(14(12)10-27-22)13-8-18-16(9-17(13)31-3)28(2)19(29)11-32-18/h5-6,8-10H,4,7,11,25H2,1-3H3,(H,26,30). The summed E-state index contributed by atoms with van der Waals surface area (Å²) in [5, 5.41) is 3.66. The molecule has 0 fully saturated rings. The van der Waals surface area contributed by atoms with Gasteiger partial charge in [-0.2, -0.15) is 0 Å². The molecule has 0 aliphatic carbocycles. The summed E-state index contributed by atoms with van der Waals surface area (Å²) in [6.07, 6.45) is 2.20. The molecule has 1 aliphatic heterocycles. The number of pyridine rings is 1. The minimum atomic E-state index is -0.514. The highest BCUT2D eigenvalue weighted by Crippen LogP contribution is 2.45. The van der Waals surface area contributed by atoms with Gasteiger partial charge in [0, 0.05) is 47.8 Å². The Kier molecular flexibility index (Phi) is 5.56. The summed E-state index contributed by atoms with van der Waals surface area (Å²) >= 11 is 0. The Bertz CT molecular complexity index is 1240. The number of ether oxygens (including phenoxy) is 2. The molecule has 3 N–H and O–H groups in total. The number of hydrogen-bond donors (Lipinski definition) is 2. The number of aromatic nitrogens is 1. The van der Waals surface area contributed by atoms with E-state index in [4.69, 9.17) is 15.2 Å². The molecule has 2 amide bonds. The summed E-state index contributed by atoms with van der Waals surface area (Å²) in [4.78, 5) is 30.1. The predicted octanol–water partition coefficient (Wildman–Crippen LogP) is 3.13. The van der Waals surface area contributed by atoms with E-state index in [-0.39, 0.29) is 35.4 Å². The third-order valence-electron chi connectivity index (χ3n) is 5.45. The van der Waals surface area contributed by atoms with Gasteiger partial charge in [-0.3, -0.25) is 9.59 Å². The van der Waals surface area contributed by atoms with Crippen molar-refractivity contribution in [3.63, 3.8) is 0 Å². The zero-order chi connectivity index (χ0) is 23.0. The average Bonchev–Trinajstić information content (AvgIpc) is 2.79. The highest BCUT2D eigenvalue weighted by Gasteiger charge is 2.27. The molecular formula is C23H23FN4O4. The molecule has 0 spiro atoms. The lowest BCUT2D eigenvalue weighted by atomic mass is 9.96. The number of hydrogen-bond acceptors (Lipinski definition) is 6. The Morgan fingerprint density at radius 2 is 2.12 bits per heavy atom. The lowest BCUT2D eigenvalue weighted by molar-refractivity contribution is -0.120. The van der Waals surface area contributed by atoms with E-state index in [1.807, 2.05) is 6.92 Å². The summed E-state index contributed by atoms with van der Waals surface area (Å²) in [5.41, 5.74) is 7.66. The summed E-state index contributed by atoms with van der Waals surface area (Å²) < 4.78 is 26.2. The second-order valence-electron chi connectivity index (χ2n) is 7.42. The van der Waals surface area contributed by atoms with E-state index < -0.39 is 5.82 Å². The fourth-order valence-electron chi connectivity index (χ4n) is 3.73. The smallest absolute Gasteiger partial charge is 0.272 e. The van der Waals surface area contributed by atoms with Gasteiger partial charge in [0.15, 0.2) is 12.3 Å². The topological polar surface area (TPSA) is 107 Å². The van der Waals surface area contributed by atoms with Crippen LogP contribution in [0.2, 0.25) is 0 Å². The molecule has 0 saturated heterocycles. The van der Waals surface area contributed by atoms with Crippen LogP contribution >= 0.6 is 0 Å². The quantitative estimate of drug-likeness (QED) is 0.634. The molecule has 8 nitrogen and oxygen atoms in total. The number of likely N-dealkylation sites (N-methyl/N-ethyl adjacent to an activating group) is 1. The first-order valence-electron chi connectivity index (χ1n) is 10.1. The summed E-state index contributed by atoms with van der Waals surface area (Å²) in [7, 11) is 3.10. The zero-order valence-corrected chi connectivity index (χ0v) is 18.0. The Labute approximate surface area is 184 Å². The normalized spacial score (nSPS) is 13.0. The molecule has 1 aromatic heterocycles. The summed E-state index contributed by atoms with van der Waals surface area (Å²) in [6.45, 7) is 2.32. The van der Waals surface area contributed by atoms with Gasteiger partial charge < -0.3 is 25.4 Å². The second-order valence-corrected chi connectivity index (χ2v) is 7.42. The SMILES string of the molecule is CCCNC(=O)c1ncc2c(-c3cc4c(cc3OC)N(C)C(=O)CO4)c(F)ccc2c1N. The molecule has 2 heterocycles. The molecule has 0 unspecified atom stereocenters. The second kappa shape index (κ2) is 8.33. The Morgan fingerprint density at radius 3 is 2.84 bits per heavy atom. The molecule has 3 aromatic rings. The molecule has 0 saturated carbocycles. The largest absolute Gasteiger partial charge is 0.496 e. The average molecular weight is 438 g/mol. The van der Waals surface area contributed by atoms with Crippen molar-refractivity contribution in [2.24, 2.45) is 0 Å². The first-order chi connectivity index (χ1) is 15.4. The van der Waals surface area contributed by atoms with E-state index in [0.717, 1.165) is 6.42 Å². The number of halogens is 1. The molecule has 32 heavy (non-hydrogen) atoms. The van der Waals surface area contributed by atoms with Crippen LogP contribution in [0.4, 0.5) is 15.8 Å². The van der Waals surface area contributed by atoms with E-state index in [1.54, 1.807) is 19.2 Å². The molecular weight excluding hydrogens is 415 g/mol. The van der Waals surface area contributed by atoms with Crippen molar-refractivity contribution < 1.29 is 23.5 Å². The maximum Gasteiger partial charge on any atom is 0.272 e. The third kappa shape index (κ3) is 3.45. The number of nitrogens with one attached hydrogen (secondary N) is 1. The van der Waals surface area contributed by atoms with Gasteiger partial charge in [0.25, 0.3) is 11.8 Å². The van der Waals surface area contributed by atoms with E-state index in [1.165, 1.54) is 30.3 Å². The third-order valence-corrected chi connectivity index (χ3v) is 5.45. The van der Waals surface area contributed by atoms with E-state index in [0.29, 0.717) is 40.1 Å². The minimum absolute atomic E-state index is 0.0874. The lowest BCUT2D eigenvalue weighted by Crippen LogP contribution is -2.35.